The molecule has 7 heteroatoms. The van der Waals surface area contributed by atoms with E-state index in [1.165, 1.54) is 24.5 Å². The summed E-state index contributed by atoms with van der Waals surface area (Å²) in [6.45, 7) is 0. The number of carbonyl (C=O) groups is 1. The van der Waals surface area contributed by atoms with Crippen molar-refractivity contribution in [2.24, 2.45) is 0 Å². The van der Waals surface area contributed by atoms with Crippen LogP contribution in [0.25, 0.3) is 0 Å². The van der Waals surface area contributed by atoms with E-state index in [2.05, 4.69) is 9.72 Å². The summed E-state index contributed by atoms with van der Waals surface area (Å²) in [6, 6.07) is 5.71. The Bertz CT molecular complexity index is 627. The Hall–Kier alpha value is -2.57. The first-order valence-electron chi connectivity index (χ1n) is 5.40. The Labute approximate surface area is 111 Å². The molecule has 0 spiro atoms. The fourth-order valence-corrected chi connectivity index (χ4v) is 1.57. The molecule has 0 fully saturated rings. The molecule has 2 aromatic rings. The number of halogens is 3. The number of carbonyl (C=O) groups excluding carboxylic acids is 1. The molecule has 1 N–H and O–H groups in total. The second kappa shape index (κ2) is 5.20. The molecule has 0 bridgehead atoms. The highest BCUT2D eigenvalue weighted by atomic mass is 19.4. The van der Waals surface area contributed by atoms with Gasteiger partial charge in [-0.2, -0.15) is 0 Å². The first kappa shape index (κ1) is 13.9. The van der Waals surface area contributed by atoms with Crippen LogP contribution in [0.5, 0.6) is 11.5 Å². The maximum absolute atomic E-state index is 12.1. The van der Waals surface area contributed by atoms with Crippen LogP contribution in [0.1, 0.15) is 15.9 Å². The summed E-state index contributed by atoms with van der Waals surface area (Å²) in [7, 11) is 0. The predicted molar refractivity (Wildman–Crippen MR) is 62.5 cm³/mol. The van der Waals surface area contributed by atoms with Gasteiger partial charge in [0, 0.05) is 29.6 Å². The summed E-state index contributed by atoms with van der Waals surface area (Å²) < 4.78 is 40.1. The number of alkyl halides is 3. The number of phenols is 1. The van der Waals surface area contributed by atoms with Gasteiger partial charge in [0.05, 0.1) is 0 Å². The lowest BCUT2D eigenvalue weighted by atomic mass is 10.0. The highest BCUT2D eigenvalue weighted by Gasteiger charge is 2.31. The molecule has 0 amide bonds. The molecule has 0 radical (unpaired) electrons. The lowest BCUT2D eigenvalue weighted by Gasteiger charge is -2.10. The third kappa shape index (κ3) is 3.47. The van der Waals surface area contributed by atoms with Crippen LogP contribution in [0.3, 0.4) is 0 Å². The summed E-state index contributed by atoms with van der Waals surface area (Å²) in [4.78, 5) is 15.8. The van der Waals surface area contributed by atoms with Gasteiger partial charge in [-0.15, -0.1) is 13.2 Å². The molecule has 0 saturated heterocycles. The van der Waals surface area contributed by atoms with Crippen LogP contribution in [0.15, 0.2) is 42.7 Å². The van der Waals surface area contributed by atoms with Gasteiger partial charge < -0.3 is 9.84 Å². The van der Waals surface area contributed by atoms with Crippen molar-refractivity contribution in [3.63, 3.8) is 0 Å². The minimum absolute atomic E-state index is 0.128. The standard InChI is InChI=1S/C13H8F3NO3/c14-13(15,16)20-11-5-9(4-10(18)6-11)12(19)8-2-1-3-17-7-8/h1-7,18H. The van der Waals surface area contributed by atoms with E-state index in [9.17, 15) is 23.1 Å². The molecule has 0 aliphatic rings. The Morgan fingerprint density at radius 1 is 1.20 bits per heavy atom. The van der Waals surface area contributed by atoms with Crippen LogP contribution in [-0.2, 0) is 0 Å². The van der Waals surface area contributed by atoms with Gasteiger partial charge in [0.1, 0.15) is 11.5 Å². The van der Waals surface area contributed by atoms with Crippen LogP contribution in [0, 0.1) is 0 Å². The van der Waals surface area contributed by atoms with Crippen molar-refractivity contribution >= 4 is 5.78 Å². The molecule has 20 heavy (non-hydrogen) atoms. The van der Waals surface area contributed by atoms with E-state index in [0.717, 1.165) is 18.2 Å². The zero-order valence-electron chi connectivity index (χ0n) is 9.89. The molecule has 1 aromatic heterocycles. The number of phenolic OH excluding ortho intramolecular Hbond substituents is 1. The zero-order chi connectivity index (χ0) is 14.8. The Morgan fingerprint density at radius 3 is 2.55 bits per heavy atom. The van der Waals surface area contributed by atoms with Gasteiger partial charge in [-0.1, -0.05) is 0 Å². The van der Waals surface area contributed by atoms with Gasteiger partial charge in [0.25, 0.3) is 0 Å². The van der Waals surface area contributed by atoms with Crippen LogP contribution in [0.4, 0.5) is 13.2 Å². The second-order valence-corrected chi connectivity index (χ2v) is 3.83. The summed E-state index contributed by atoms with van der Waals surface area (Å²) in [5.41, 5.74) is 0.0632. The van der Waals surface area contributed by atoms with Gasteiger partial charge in [0.15, 0.2) is 5.78 Å². The largest absolute Gasteiger partial charge is 0.573 e. The number of ether oxygens (including phenoxy) is 1. The molecule has 0 atom stereocenters. The van der Waals surface area contributed by atoms with Crippen molar-refractivity contribution in [2.45, 2.75) is 6.36 Å². The van der Waals surface area contributed by atoms with Gasteiger partial charge in [-0.3, -0.25) is 9.78 Å². The topological polar surface area (TPSA) is 59.4 Å². The average Bonchev–Trinajstić information content (AvgIpc) is 2.36. The van der Waals surface area contributed by atoms with E-state index in [0.29, 0.717) is 0 Å². The molecule has 0 aliphatic carbocycles. The van der Waals surface area contributed by atoms with Crippen molar-refractivity contribution in [2.75, 3.05) is 0 Å². The fourth-order valence-electron chi connectivity index (χ4n) is 1.57. The first-order valence-corrected chi connectivity index (χ1v) is 5.40. The Balaban J connectivity index is 2.35. The lowest BCUT2D eigenvalue weighted by molar-refractivity contribution is -0.274. The Kier molecular flexibility index (Phi) is 3.60. The quantitative estimate of drug-likeness (QED) is 0.880. The molecule has 4 nitrogen and oxygen atoms in total. The summed E-state index contributed by atoms with van der Waals surface area (Å²) >= 11 is 0. The number of ketones is 1. The maximum Gasteiger partial charge on any atom is 0.573 e. The van der Waals surface area contributed by atoms with Crippen LogP contribution >= 0.6 is 0 Å². The SMILES string of the molecule is O=C(c1cccnc1)c1cc(O)cc(OC(F)(F)F)c1. The summed E-state index contributed by atoms with van der Waals surface area (Å²) in [6.07, 6.45) is -2.17. The van der Waals surface area contributed by atoms with E-state index in [4.69, 9.17) is 0 Å². The average molecular weight is 283 g/mol. The van der Waals surface area contributed by atoms with Gasteiger partial charge in [0.2, 0.25) is 0 Å². The molecule has 1 heterocycles. The van der Waals surface area contributed by atoms with Gasteiger partial charge in [-0.05, 0) is 24.3 Å². The van der Waals surface area contributed by atoms with Crippen molar-refractivity contribution in [1.29, 1.82) is 0 Å². The number of aromatic hydroxyl groups is 1. The number of hydrogen-bond acceptors (Lipinski definition) is 4. The van der Waals surface area contributed by atoms with Crippen LogP contribution < -0.4 is 4.74 Å². The first-order chi connectivity index (χ1) is 9.35. The minimum atomic E-state index is -4.90. The van der Waals surface area contributed by atoms with Crippen molar-refractivity contribution in [1.82, 2.24) is 4.98 Å². The summed E-state index contributed by atoms with van der Waals surface area (Å²) in [5, 5.41) is 9.37. The van der Waals surface area contributed by atoms with Crippen LogP contribution in [-0.4, -0.2) is 22.2 Å². The number of hydrogen-bond donors (Lipinski definition) is 1. The second-order valence-electron chi connectivity index (χ2n) is 3.83. The number of benzene rings is 1. The van der Waals surface area contributed by atoms with E-state index in [1.54, 1.807) is 0 Å². The van der Waals surface area contributed by atoms with Crippen molar-refractivity contribution in [3.05, 3.63) is 53.9 Å². The molecule has 2 rings (SSSR count). The monoisotopic (exact) mass is 283 g/mol. The third-order valence-electron chi connectivity index (χ3n) is 2.31. The molecular formula is C13H8F3NO3. The zero-order valence-corrected chi connectivity index (χ0v) is 9.89. The molecule has 0 unspecified atom stereocenters. The normalized spacial score (nSPS) is 11.2. The fraction of sp³-hybridized carbons (Fsp3) is 0.0769. The van der Waals surface area contributed by atoms with E-state index >= 15 is 0 Å². The molecule has 104 valence electrons. The number of aromatic nitrogens is 1. The molecule has 0 saturated carbocycles. The molecule has 1 aromatic carbocycles. The van der Waals surface area contributed by atoms with Crippen LogP contribution in [0.2, 0.25) is 0 Å². The highest BCUT2D eigenvalue weighted by molar-refractivity contribution is 6.09. The Morgan fingerprint density at radius 2 is 1.95 bits per heavy atom. The van der Waals surface area contributed by atoms with E-state index in [-0.39, 0.29) is 11.1 Å². The maximum atomic E-state index is 12.1. The lowest BCUT2D eigenvalue weighted by Crippen LogP contribution is -2.17. The van der Waals surface area contributed by atoms with Gasteiger partial charge in [-0.25, -0.2) is 0 Å². The predicted octanol–water partition coefficient (Wildman–Crippen LogP) is 2.92. The van der Waals surface area contributed by atoms with Crippen molar-refractivity contribution < 1.29 is 27.8 Å². The highest BCUT2D eigenvalue weighted by Crippen LogP contribution is 2.28. The molecule has 0 aliphatic heterocycles. The molecular weight excluding hydrogens is 275 g/mol. The number of pyridine rings is 1. The van der Waals surface area contributed by atoms with Gasteiger partial charge >= 0.3 is 6.36 Å². The third-order valence-corrected chi connectivity index (χ3v) is 2.31. The summed E-state index contributed by atoms with van der Waals surface area (Å²) in [5.74, 6) is -1.73. The number of rotatable bonds is 3. The smallest absolute Gasteiger partial charge is 0.508 e. The number of nitrogens with zero attached hydrogens (tertiary/aromatic N) is 1. The van der Waals surface area contributed by atoms with E-state index < -0.39 is 23.6 Å². The minimum Gasteiger partial charge on any atom is -0.508 e. The van der Waals surface area contributed by atoms with E-state index in [1.807, 2.05) is 0 Å². The van der Waals surface area contributed by atoms with Crippen molar-refractivity contribution in [3.8, 4) is 11.5 Å².